The fourth-order valence-corrected chi connectivity index (χ4v) is 2.68. The summed E-state index contributed by atoms with van der Waals surface area (Å²) in [5.74, 6) is 0.451. The molecule has 100 valence electrons. The Morgan fingerprint density at radius 2 is 1.89 bits per heavy atom. The molecule has 1 heterocycles. The Bertz CT molecular complexity index is 359. The van der Waals surface area contributed by atoms with E-state index in [2.05, 4.69) is 47.9 Å². The summed E-state index contributed by atoms with van der Waals surface area (Å²) in [5.41, 5.74) is 2.57. The van der Waals surface area contributed by atoms with Crippen LogP contribution >= 0.6 is 0 Å². The molecule has 0 radical (unpaired) electrons. The van der Waals surface area contributed by atoms with Crippen LogP contribution in [-0.2, 0) is 0 Å². The molecule has 0 aliphatic carbocycles. The van der Waals surface area contributed by atoms with E-state index in [0.29, 0.717) is 12.5 Å². The van der Waals surface area contributed by atoms with Crippen LogP contribution < -0.4 is 9.80 Å². The molecular weight excluding hydrogens is 224 g/mol. The first-order valence-corrected chi connectivity index (χ1v) is 6.99. The van der Waals surface area contributed by atoms with E-state index in [-0.39, 0.29) is 0 Å². The second-order valence-corrected chi connectivity index (χ2v) is 4.97. The van der Waals surface area contributed by atoms with E-state index in [0.717, 1.165) is 32.6 Å². The van der Waals surface area contributed by atoms with Gasteiger partial charge in [0.05, 0.1) is 0 Å². The van der Waals surface area contributed by atoms with Crippen LogP contribution in [0.2, 0.25) is 0 Å². The second kappa shape index (κ2) is 6.10. The maximum absolute atomic E-state index is 9.18. The minimum absolute atomic E-state index is 0.314. The summed E-state index contributed by atoms with van der Waals surface area (Å²) in [6, 6.07) is 8.81. The number of rotatable bonds is 5. The molecule has 1 fully saturated rings. The van der Waals surface area contributed by atoms with E-state index in [1.165, 1.54) is 11.4 Å². The summed E-state index contributed by atoms with van der Waals surface area (Å²) in [6.07, 6.45) is 1.11. The number of benzene rings is 1. The van der Waals surface area contributed by atoms with Gasteiger partial charge in [0.2, 0.25) is 0 Å². The molecule has 0 aromatic heterocycles. The van der Waals surface area contributed by atoms with Crippen LogP contribution in [0.5, 0.6) is 0 Å². The molecule has 0 spiro atoms. The molecule has 1 aromatic rings. The molecule has 18 heavy (non-hydrogen) atoms. The minimum atomic E-state index is 0.314. The summed E-state index contributed by atoms with van der Waals surface area (Å²) < 4.78 is 0. The van der Waals surface area contributed by atoms with Gasteiger partial charge in [-0.2, -0.15) is 0 Å². The van der Waals surface area contributed by atoms with Crippen LogP contribution in [0.15, 0.2) is 24.3 Å². The minimum Gasteiger partial charge on any atom is -0.396 e. The predicted molar refractivity (Wildman–Crippen MR) is 77.4 cm³/mol. The van der Waals surface area contributed by atoms with Gasteiger partial charge in [0, 0.05) is 50.1 Å². The van der Waals surface area contributed by atoms with E-state index >= 15 is 0 Å². The zero-order valence-corrected chi connectivity index (χ0v) is 11.5. The number of anilines is 2. The van der Waals surface area contributed by atoms with Gasteiger partial charge in [0.15, 0.2) is 0 Å². The second-order valence-electron chi connectivity index (χ2n) is 4.97. The monoisotopic (exact) mass is 248 g/mol. The quantitative estimate of drug-likeness (QED) is 0.866. The van der Waals surface area contributed by atoms with Crippen molar-refractivity contribution >= 4 is 11.4 Å². The average Bonchev–Trinajstić information content (AvgIpc) is 2.90. The van der Waals surface area contributed by atoms with E-state index in [9.17, 15) is 5.11 Å². The van der Waals surface area contributed by atoms with Gasteiger partial charge < -0.3 is 14.9 Å². The largest absolute Gasteiger partial charge is 0.396 e. The number of aliphatic hydroxyl groups is 1. The molecule has 1 aromatic carbocycles. The van der Waals surface area contributed by atoms with Gasteiger partial charge in [-0.05, 0) is 44.5 Å². The van der Waals surface area contributed by atoms with Crippen LogP contribution in [0, 0.1) is 5.92 Å². The van der Waals surface area contributed by atoms with Crippen LogP contribution in [0.3, 0.4) is 0 Å². The molecule has 2 rings (SSSR count). The Morgan fingerprint density at radius 3 is 2.39 bits per heavy atom. The Labute approximate surface area is 110 Å². The highest BCUT2D eigenvalue weighted by Gasteiger charge is 2.21. The van der Waals surface area contributed by atoms with Gasteiger partial charge in [0.25, 0.3) is 0 Å². The van der Waals surface area contributed by atoms with Gasteiger partial charge in [0.1, 0.15) is 0 Å². The molecule has 3 heteroatoms. The number of hydrogen-bond donors (Lipinski definition) is 1. The summed E-state index contributed by atoms with van der Waals surface area (Å²) in [7, 11) is 0. The fraction of sp³-hybridized carbons (Fsp3) is 0.600. The third-order valence-corrected chi connectivity index (χ3v) is 3.89. The third-order valence-electron chi connectivity index (χ3n) is 3.89. The molecular formula is C15H24N2O. The van der Waals surface area contributed by atoms with E-state index in [1.54, 1.807) is 0 Å². The first kappa shape index (κ1) is 13.2. The van der Waals surface area contributed by atoms with E-state index in [4.69, 9.17) is 0 Å². The van der Waals surface area contributed by atoms with Gasteiger partial charge in [-0.25, -0.2) is 0 Å². The van der Waals surface area contributed by atoms with Crippen molar-refractivity contribution in [3.8, 4) is 0 Å². The van der Waals surface area contributed by atoms with Crippen LogP contribution in [0.25, 0.3) is 0 Å². The molecule has 1 N–H and O–H groups in total. The lowest BCUT2D eigenvalue weighted by Crippen LogP contribution is -2.23. The molecule has 0 amide bonds. The molecule has 1 unspecified atom stereocenters. The normalized spacial score (nSPS) is 19.3. The smallest absolute Gasteiger partial charge is 0.0476 e. The number of hydrogen-bond acceptors (Lipinski definition) is 3. The summed E-state index contributed by atoms with van der Waals surface area (Å²) in [5, 5.41) is 9.18. The van der Waals surface area contributed by atoms with E-state index < -0.39 is 0 Å². The van der Waals surface area contributed by atoms with Crippen molar-refractivity contribution in [3.63, 3.8) is 0 Å². The maximum Gasteiger partial charge on any atom is 0.0476 e. The highest BCUT2D eigenvalue weighted by molar-refractivity contribution is 5.56. The molecule has 3 nitrogen and oxygen atoms in total. The summed E-state index contributed by atoms with van der Waals surface area (Å²) >= 11 is 0. The van der Waals surface area contributed by atoms with Crippen molar-refractivity contribution in [2.24, 2.45) is 5.92 Å². The molecule has 1 saturated heterocycles. The average molecular weight is 248 g/mol. The van der Waals surface area contributed by atoms with Gasteiger partial charge in [-0.1, -0.05) is 0 Å². The van der Waals surface area contributed by atoms with Crippen molar-refractivity contribution in [2.45, 2.75) is 20.3 Å². The van der Waals surface area contributed by atoms with E-state index in [1.807, 2.05) is 0 Å². The zero-order chi connectivity index (χ0) is 13.0. The molecule has 0 saturated carbocycles. The first-order valence-electron chi connectivity index (χ1n) is 6.99. The molecule has 1 aliphatic rings. The third kappa shape index (κ3) is 2.78. The SMILES string of the molecule is CCN(CC)c1ccc(N2CCC(CO)C2)cc1. The maximum atomic E-state index is 9.18. The van der Waals surface area contributed by atoms with Crippen molar-refractivity contribution in [3.05, 3.63) is 24.3 Å². The van der Waals surface area contributed by atoms with Crippen LogP contribution in [0.4, 0.5) is 11.4 Å². The Kier molecular flexibility index (Phi) is 4.48. The lowest BCUT2D eigenvalue weighted by molar-refractivity contribution is 0.238. The summed E-state index contributed by atoms with van der Waals surface area (Å²) in [6.45, 7) is 8.83. The topological polar surface area (TPSA) is 26.7 Å². The van der Waals surface area contributed by atoms with Crippen molar-refractivity contribution in [2.75, 3.05) is 42.6 Å². The van der Waals surface area contributed by atoms with Crippen LogP contribution in [-0.4, -0.2) is 37.9 Å². The highest BCUT2D eigenvalue weighted by atomic mass is 16.3. The molecule has 1 atom stereocenters. The number of nitrogens with zero attached hydrogens (tertiary/aromatic N) is 2. The first-order chi connectivity index (χ1) is 8.78. The predicted octanol–water partition coefficient (Wildman–Crippen LogP) is 2.35. The lowest BCUT2D eigenvalue weighted by atomic mass is 10.1. The van der Waals surface area contributed by atoms with Gasteiger partial charge in [-0.3, -0.25) is 0 Å². The Balaban J connectivity index is 2.04. The standard InChI is InChI=1S/C15H24N2O/c1-3-16(4-2)14-5-7-15(8-6-14)17-10-9-13(11-17)12-18/h5-8,13,18H,3-4,9-12H2,1-2H3. The van der Waals surface area contributed by atoms with Crippen molar-refractivity contribution < 1.29 is 5.11 Å². The fourth-order valence-electron chi connectivity index (χ4n) is 2.68. The van der Waals surface area contributed by atoms with Crippen LogP contribution in [0.1, 0.15) is 20.3 Å². The summed E-state index contributed by atoms with van der Waals surface area (Å²) in [4.78, 5) is 4.72. The van der Waals surface area contributed by atoms with Gasteiger partial charge >= 0.3 is 0 Å². The van der Waals surface area contributed by atoms with Crippen molar-refractivity contribution in [1.82, 2.24) is 0 Å². The number of aliphatic hydroxyl groups excluding tert-OH is 1. The van der Waals surface area contributed by atoms with Gasteiger partial charge in [-0.15, -0.1) is 0 Å². The van der Waals surface area contributed by atoms with Crippen molar-refractivity contribution in [1.29, 1.82) is 0 Å². The molecule has 1 aliphatic heterocycles. The Morgan fingerprint density at radius 1 is 1.22 bits per heavy atom. The Hall–Kier alpha value is -1.22. The molecule has 0 bridgehead atoms. The zero-order valence-electron chi connectivity index (χ0n) is 11.5. The highest BCUT2D eigenvalue weighted by Crippen LogP contribution is 2.25. The lowest BCUT2D eigenvalue weighted by Gasteiger charge is -2.23.